The standard InChI is InChI=1S/C34H43F6N5O5.C33H39F6N5O6/c1-3-24-14-26(15-25(4-2)45(24)32(49)50-29-7-5-21(6-8-29)30(47)48)44(31-41-16-27(17-42-31)43-10-9-28(46)19-43)18-20-11-22(33(35,36)37)13-23(12-20)34(38,39)40;1-3-23-14-25(15-24(4-2)44(23)31(48)50-27-7-5-20(6-8-27)28(45)46)43(29-40-16-26(17-41-29)42-9-10-49-30(42)47)18-19-11-21(32(34,35)36)13-22(12-19)33(37,38)39/h11-13,16-17,21,24-26,28-29,46H,3-10,14-15,18-19H2,1-2H3,(H,47,48);11-13,16-17,20,23-25,27H,3-10,14-15,18H2,1-2H3,(H,45,46)/t21?,24-,25+,26?,28-,29?;20?,23-,24+,25?,27?/m0./s1. The summed E-state index contributed by atoms with van der Waals surface area (Å²) < 4.78 is 182. The number of carboxylic acid groups (broad SMARTS) is 2. The Bertz CT molecular complexity index is 3370. The van der Waals surface area contributed by atoms with Crippen LogP contribution in [0.5, 0.6) is 0 Å². The summed E-state index contributed by atoms with van der Waals surface area (Å²) in [4.78, 5) is 89.6. The lowest BCUT2D eigenvalue weighted by Gasteiger charge is -2.47. The lowest BCUT2D eigenvalue weighted by Crippen LogP contribution is -2.57. The van der Waals surface area contributed by atoms with Crippen LogP contribution in [0.15, 0.2) is 61.2 Å². The van der Waals surface area contributed by atoms with Gasteiger partial charge in [-0.05, 0) is 157 Å². The Hall–Kier alpha value is -8.13. The van der Waals surface area contributed by atoms with E-state index < -0.39 is 138 Å². The summed E-state index contributed by atoms with van der Waals surface area (Å²) in [5.41, 5.74) is -5.28. The van der Waals surface area contributed by atoms with Crippen LogP contribution in [0.25, 0.3) is 0 Å². The number of aliphatic carboxylic acids is 2. The third-order valence-electron chi connectivity index (χ3n) is 19.9. The van der Waals surface area contributed by atoms with Crippen molar-refractivity contribution in [3.8, 4) is 0 Å². The molecule has 6 fully saturated rings. The van der Waals surface area contributed by atoms with Crippen LogP contribution in [0.2, 0.25) is 0 Å². The normalized spacial score (nSPS) is 25.4. The van der Waals surface area contributed by atoms with Crippen molar-refractivity contribution < 1.29 is 106 Å². The molecular weight excluding hydrogens is 1350 g/mol. The van der Waals surface area contributed by atoms with E-state index >= 15 is 0 Å². The zero-order valence-electron chi connectivity index (χ0n) is 55.5. The predicted molar refractivity (Wildman–Crippen MR) is 337 cm³/mol. The molecule has 33 heteroatoms. The molecule has 0 spiro atoms. The number of aliphatic hydroxyl groups is 1. The molecule has 21 nitrogen and oxygen atoms in total. The van der Waals surface area contributed by atoms with Gasteiger partial charge in [-0.3, -0.25) is 14.5 Å². The molecule has 6 aliphatic rings. The van der Waals surface area contributed by atoms with E-state index in [1.165, 1.54) is 29.7 Å². The number of carbonyl (C=O) groups is 5. The summed E-state index contributed by atoms with van der Waals surface area (Å²) in [6.45, 7) is 8.11. The largest absolute Gasteiger partial charge is 0.481 e. The van der Waals surface area contributed by atoms with Crippen molar-refractivity contribution in [1.82, 2.24) is 29.7 Å². The first-order valence-electron chi connectivity index (χ1n) is 33.7. The summed E-state index contributed by atoms with van der Waals surface area (Å²) in [5, 5.41) is 28.6. The Balaban J connectivity index is 0.000000233. The highest BCUT2D eigenvalue weighted by atomic mass is 19.4. The molecule has 2 aromatic carbocycles. The lowest BCUT2D eigenvalue weighted by molar-refractivity contribution is -0.144. The first kappa shape index (κ1) is 76.1. The van der Waals surface area contributed by atoms with Crippen LogP contribution in [0.1, 0.15) is 170 Å². The van der Waals surface area contributed by atoms with E-state index in [4.69, 9.17) is 14.2 Å². The molecule has 2 aliphatic carbocycles. The molecule has 3 amide bonds. The maximum Gasteiger partial charge on any atom is 0.416 e. The molecule has 0 radical (unpaired) electrons. The average Bonchev–Trinajstić information content (AvgIpc) is 1.11. The van der Waals surface area contributed by atoms with Crippen LogP contribution in [0.3, 0.4) is 0 Å². The van der Waals surface area contributed by atoms with Gasteiger partial charge in [0.1, 0.15) is 18.8 Å². The SMILES string of the molecule is CC[C@@H]1CC(N(Cc2cc(C(F)(F)F)cc(C(F)(F)F)c2)c2ncc(N3CCOC3=O)cn2)C[C@H](CC)N1C(=O)OC1CCC(C(=O)O)CC1.CC[C@@H]1CC(N(Cc2cc(C(F)(F)F)cc(C(F)(F)F)c2)c2ncc(N3CC[C@H](O)C3)cn2)C[C@H](CC)N1C(=O)OC1CCC(C(=O)O)CC1. The number of aliphatic hydroxyl groups excluding tert-OH is 1. The topological polar surface area (TPSA) is 245 Å². The van der Waals surface area contributed by atoms with E-state index in [1.54, 1.807) is 19.6 Å². The summed E-state index contributed by atoms with van der Waals surface area (Å²) in [5.74, 6) is -2.57. The molecule has 4 aliphatic heterocycles. The van der Waals surface area contributed by atoms with E-state index in [0.29, 0.717) is 145 Å². The average molecular weight is 1430 g/mol. The number of likely N-dealkylation sites (tertiary alicyclic amines) is 2. The number of carbonyl (C=O) groups excluding carboxylic acids is 3. The quantitative estimate of drug-likeness (QED) is 0.0619. The van der Waals surface area contributed by atoms with Gasteiger partial charge in [-0.15, -0.1) is 0 Å². The van der Waals surface area contributed by atoms with Crippen LogP contribution in [-0.2, 0) is 61.6 Å². The van der Waals surface area contributed by atoms with Crippen LogP contribution >= 0.6 is 0 Å². The van der Waals surface area contributed by atoms with Crippen molar-refractivity contribution in [2.75, 3.05) is 45.8 Å². The number of hydrogen-bond donors (Lipinski definition) is 3. The fourth-order valence-electron chi connectivity index (χ4n) is 14.5. The van der Waals surface area contributed by atoms with Gasteiger partial charge in [-0.1, -0.05) is 27.7 Å². The number of anilines is 4. The van der Waals surface area contributed by atoms with Gasteiger partial charge in [-0.25, -0.2) is 34.3 Å². The Morgan fingerprint density at radius 2 is 0.850 bits per heavy atom. The minimum atomic E-state index is -5.04. The molecule has 4 saturated heterocycles. The second-order valence-electron chi connectivity index (χ2n) is 26.4. The van der Waals surface area contributed by atoms with Gasteiger partial charge in [0, 0.05) is 62.4 Å². The number of nitrogens with zero attached hydrogens (tertiary/aromatic N) is 10. The van der Waals surface area contributed by atoms with Crippen molar-refractivity contribution in [1.29, 1.82) is 0 Å². The monoisotopic (exact) mass is 1430 g/mol. The van der Waals surface area contributed by atoms with Crippen molar-refractivity contribution >= 4 is 53.5 Å². The molecule has 2 unspecified atom stereocenters. The van der Waals surface area contributed by atoms with Crippen LogP contribution in [0, 0.1) is 11.8 Å². The van der Waals surface area contributed by atoms with Gasteiger partial charge < -0.3 is 54.0 Å². The van der Waals surface area contributed by atoms with E-state index in [1.807, 2.05) is 32.6 Å². The van der Waals surface area contributed by atoms with E-state index in [0.717, 1.165) is 0 Å². The zero-order valence-corrected chi connectivity index (χ0v) is 55.5. The minimum absolute atomic E-state index is 0.0215. The zero-order chi connectivity index (χ0) is 72.8. The van der Waals surface area contributed by atoms with E-state index in [9.17, 15) is 92.0 Å². The van der Waals surface area contributed by atoms with Gasteiger partial charge in [-0.2, -0.15) is 52.7 Å². The van der Waals surface area contributed by atoms with Gasteiger partial charge in [0.15, 0.2) is 0 Å². The molecule has 4 aromatic rings. The molecule has 3 N–H and O–H groups in total. The predicted octanol–water partition coefficient (Wildman–Crippen LogP) is 14.2. The molecule has 7 atom stereocenters. The smallest absolute Gasteiger partial charge is 0.416 e. The molecule has 2 aromatic heterocycles. The van der Waals surface area contributed by atoms with E-state index in [-0.39, 0.29) is 79.8 Å². The number of cyclic esters (lactones) is 1. The van der Waals surface area contributed by atoms with Gasteiger partial charge in [0.05, 0.1) is 82.9 Å². The first-order chi connectivity index (χ1) is 47.1. The van der Waals surface area contributed by atoms with Gasteiger partial charge in [0.2, 0.25) is 11.9 Å². The second-order valence-corrected chi connectivity index (χ2v) is 26.4. The van der Waals surface area contributed by atoms with Crippen molar-refractivity contribution in [2.45, 2.75) is 229 Å². The highest BCUT2D eigenvalue weighted by Crippen LogP contribution is 2.43. The summed E-state index contributed by atoms with van der Waals surface area (Å²) >= 11 is 0. The van der Waals surface area contributed by atoms with Crippen molar-refractivity contribution in [3.63, 3.8) is 0 Å². The number of piperidine rings is 2. The molecule has 2 saturated carbocycles. The maximum atomic E-state index is 13.8. The van der Waals surface area contributed by atoms with Gasteiger partial charge in [0.25, 0.3) is 0 Å². The maximum absolute atomic E-state index is 13.8. The fraction of sp³-hybridized carbons (Fsp3) is 0.627. The third kappa shape index (κ3) is 18.7. The third-order valence-corrected chi connectivity index (χ3v) is 19.9. The number of alkyl halides is 12. The highest BCUT2D eigenvalue weighted by molar-refractivity contribution is 5.89. The number of carboxylic acids is 2. The first-order valence-corrected chi connectivity index (χ1v) is 33.7. The Morgan fingerprint density at radius 1 is 0.510 bits per heavy atom. The number of ether oxygens (including phenoxy) is 3. The molecule has 550 valence electrons. The molecule has 100 heavy (non-hydrogen) atoms. The number of hydrogen-bond acceptors (Lipinski definition) is 16. The number of aromatic nitrogens is 4. The van der Waals surface area contributed by atoms with Crippen molar-refractivity contribution in [2.24, 2.45) is 11.8 Å². The van der Waals surface area contributed by atoms with Crippen LogP contribution < -0.4 is 19.6 Å². The minimum Gasteiger partial charge on any atom is -0.481 e. The van der Waals surface area contributed by atoms with Crippen LogP contribution in [0.4, 0.5) is 90.3 Å². The second kappa shape index (κ2) is 31.8. The fourth-order valence-corrected chi connectivity index (χ4v) is 14.5. The summed E-state index contributed by atoms with van der Waals surface area (Å²) in [6.07, 6.45) is -10.4. The van der Waals surface area contributed by atoms with Gasteiger partial charge >= 0.3 is 54.9 Å². The number of amides is 3. The molecule has 10 rings (SSSR count). The number of halogens is 12. The highest BCUT2D eigenvalue weighted by Gasteiger charge is 2.46. The Kier molecular flexibility index (Phi) is 24.2. The number of β-amino-alcohol motifs (C(OH)–C–C–N with tert-alkyl or cyclic N) is 1. The number of benzene rings is 2. The molecular formula is C67H82F12N10O11. The van der Waals surface area contributed by atoms with Crippen molar-refractivity contribution in [3.05, 3.63) is 94.6 Å². The Labute approximate surface area is 569 Å². The van der Waals surface area contributed by atoms with Crippen LogP contribution in [-0.4, -0.2) is 156 Å². The number of rotatable bonds is 18. The molecule has 6 heterocycles. The summed E-state index contributed by atoms with van der Waals surface area (Å²) in [7, 11) is 0. The van der Waals surface area contributed by atoms with E-state index in [2.05, 4.69) is 19.9 Å². The Morgan fingerprint density at radius 3 is 1.13 bits per heavy atom. The molecule has 0 bridgehead atoms. The lowest BCUT2D eigenvalue weighted by atomic mass is 9.87. The summed E-state index contributed by atoms with van der Waals surface area (Å²) in [6, 6.07) is 0.399.